The highest BCUT2D eigenvalue weighted by atomic mass is 16.1. The van der Waals surface area contributed by atoms with E-state index in [1.165, 1.54) is 6.92 Å². The quantitative estimate of drug-likeness (QED) is 0.504. The lowest BCUT2D eigenvalue weighted by molar-refractivity contribution is -0.381. The molecule has 46 valence electrons. The zero-order chi connectivity index (χ0) is 6.69. The third-order valence-electron chi connectivity index (χ3n) is 1.09. The molecule has 1 N–H and O–H groups in total. The molecule has 0 aliphatic heterocycles. The van der Waals surface area contributed by atoms with Crippen LogP contribution >= 0.6 is 0 Å². The molecule has 2 heteroatoms. The number of Topliss-reactive ketones (excluding diaryl/α,β-unsaturated/α-hetero) is 1. The van der Waals surface area contributed by atoms with Crippen LogP contribution in [0.15, 0.2) is 24.4 Å². The van der Waals surface area contributed by atoms with Crippen LogP contribution < -0.4 is 4.98 Å². The highest BCUT2D eigenvalue weighted by Crippen LogP contribution is 1.87. The van der Waals surface area contributed by atoms with Gasteiger partial charge in [-0.15, -0.1) is 0 Å². The minimum absolute atomic E-state index is 0.0654. The third-order valence-corrected chi connectivity index (χ3v) is 1.09. The summed E-state index contributed by atoms with van der Waals surface area (Å²) in [5.74, 6) is 0.0654. The van der Waals surface area contributed by atoms with Gasteiger partial charge < -0.3 is 0 Å². The predicted molar refractivity (Wildman–Crippen MR) is 33.0 cm³/mol. The van der Waals surface area contributed by atoms with Crippen LogP contribution in [0.3, 0.4) is 0 Å². The number of carbonyl (C=O) groups excluding carboxylic acids is 1. The molecule has 0 unspecified atom stereocenters. The summed E-state index contributed by atoms with van der Waals surface area (Å²) >= 11 is 0. The van der Waals surface area contributed by atoms with Crippen molar-refractivity contribution >= 4 is 5.78 Å². The second kappa shape index (κ2) is 2.40. The van der Waals surface area contributed by atoms with Gasteiger partial charge in [-0.25, -0.2) is 4.98 Å². The summed E-state index contributed by atoms with van der Waals surface area (Å²) in [5, 5.41) is 0. The summed E-state index contributed by atoms with van der Waals surface area (Å²) < 4.78 is 0. The highest BCUT2D eigenvalue weighted by molar-refractivity contribution is 5.90. The Morgan fingerprint density at radius 2 is 2.33 bits per heavy atom. The van der Waals surface area contributed by atoms with Crippen molar-refractivity contribution in [2.45, 2.75) is 6.92 Å². The first kappa shape index (κ1) is 5.95. The molecule has 0 aliphatic carbocycles. The predicted octanol–water partition coefficient (Wildman–Crippen LogP) is 0.703. The Kier molecular flexibility index (Phi) is 1.58. The molecule has 1 heterocycles. The lowest BCUT2D eigenvalue weighted by Crippen LogP contribution is -2.12. The molecular weight excluding hydrogens is 114 g/mol. The zero-order valence-electron chi connectivity index (χ0n) is 5.22. The highest BCUT2D eigenvalue weighted by Gasteiger charge is 2.02. The lowest BCUT2D eigenvalue weighted by atomic mass is 10.3. The molecule has 0 spiro atoms. The fraction of sp³-hybridized carbons (Fsp3) is 0.143. The van der Waals surface area contributed by atoms with Gasteiger partial charge in [-0.3, -0.25) is 4.79 Å². The molecule has 0 saturated heterocycles. The SMILES string of the molecule is CC(=O)c1cccc[nH+]1. The molecule has 1 aromatic rings. The number of carbonyl (C=O) groups is 1. The summed E-state index contributed by atoms with van der Waals surface area (Å²) in [5.41, 5.74) is 0.650. The molecule has 0 aromatic carbocycles. The maximum atomic E-state index is 10.6. The number of nitrogens with one attached hydrogen (secondary N) is 1. The molecule has 0 bridgehead atoms. The van der Waals surface area contributed by atoms with Gasteiger partial charge in [-0.1, -0.05) is 0 Å². The molecule has 0 fully saturated rings. The third kappa shape index (κ3) is 1.35. The summed E-state index contributed by atoms with van der Waals surface area (Å²) in [7, 11) is 0. The van der Waals surface area contributed by atoms with Crippen molar-refractivity contribution in [1.82, 2.24) is 0 Å². The molecule has 0 radical (unpaired) electrons. The topological polar surface area (TPSA) is 31.2 Å². The van der Waals surface area contributed by atoms with Crippen molar-refractivity contribution in [2.24, 2.45) is 0 Å². The number of H-pyrrole nitrogens is 1. The van der Waals surface area contributed by atoms with E-state index >= 15 is 0 Å². The minimum atomic E-state index is 0.0654. The molecule has 9 heavy (non-hydrogen) atoms. The number of aromatic nitrogens is 1. The normalized spacial score (nSPS) is 9.00. The van der Waals surface area contributed by atoms with E-state index in [1.54, 1.807) is 12.3 Å². The van der Waals surface area contributed by atoms with E-state index in [4.69, 9.17) is 0 Å². The molecule has 2 nitrogen and oxygen atoms in total. The number of aromatic amines is 1. The molecule has 0 aliphatic rings. The van der Waals surface area contributed by atoms with E-state index in [2.05, 4.69) is 4.98 Å². The first-order valence-corrected chi connectivity index (χ1v) is 2.78. The Balaban J connectivity index is 2.98. The fourth-order valence-electron chi connectivity index (χ4n) is 0.612. The zero-order valence-corrected chi connectivity index (χ0v) is 5.22. The standard InChI is InChI=1S/C7H7NO/c1-6(9)7-4-2-3-5-8-7/h2-5H,1H3/p+1. The number of hydrogen-bond acceptors (Lipinski definition) is 1. The average Bonchev–Trinajstić information content (AvgIpc) is 1.90. The van der Waals surface area contributed by atoms with E-state index in [9.17, 15) is 4.79 Å². The van der Waals surface area contributed by atoms with Crippen LogP contribution in [0.25, 0.3) is 0 Å². The summed E-state index contributed by atoms with van der Waals surface area (Å²) in [4.78, 5) is 13.4. The first-order chi connectivity index (χ1) is 4.30. The minimum Gasteiger partial charge on any atom is -0.288 e. The smallest absolute Gasteiger partial charge is 0.246 e. The van der Waals surface area contributed by atoms with Gasteiger partial charge in [0.15, 0.2) is 6.20 Å². The van der Waals surface area contributed by atoms with Crippen molar-refractivity contribution in [3.63, 3.8) is 0 Å². The second-order valence-corrected chi connectivity index (χ2v) is 1.83. The number of pyridine rings is 1. The Labute approximate surface area is 53.5 Å². The lowest BCUT2D eigenvalue weighted by Gasteiger charge is -1.81. The van der Waals surface area contributed by atoms with E-state index < -0.39 is 0 Å². The van der Waals surface area contributed by atoms with Crippen LogP contribution in [0, 0.1) is 0 Å². The number of ketones is 1. The maximum absolute atomic E-state index is 10.6. The van der Waals surface area contributed by atoms with E-state index in [0.717, 1.165) is 0 Å². The first-order valence-electron chi connectivity index (χ1n) is 2.78. The van der Waals surface area contributed by atoms with Gasteiger partial charge in [-0.2, -0.15) is 0 Å². The Morgan fingerprint density at radius 3 is 2.67 bits per heavy atom. The van der Waals surface area contributed by atoms with Gasteiger partial charge in [0.25, 0.3) is 0 Å². The Morgan fingerprint density at radius 1 is 1.56 bits per heavy atom. The molecular formula is C7H8NO+. The van der Waals surface area contributed by atoms with Crippen LogP contribution in [0.4, 0.5) is 0 Å². The van der Waals surface area contributed by atoms with Crippen molar-refractivity contribution in [2.75, 3.05) is 0 Å². The number of hydrogen-bond donors (Lipinski definition) is 0. The molecule has 0 atom stereocenters. The monoisotopic (exact) mass is 122 g/mol. The van der Waals surface area contributed by atoms with Crippen molar-refractivity contribution in [3.8, 4) is 0 Å². The van der Waals surface area contributed by atoms with Gasteiger partial charge in [0.2, 0.25) is 11.5 Å². The Bertz CT molecular complexity index is 205. The van der Waals surface area contributed by atoms with Crippen LogP contribution in [0.5, 0.6) is 0 Å². The summed E-state index contributed by atoms with van der Waals surface area (Å²) in [6.45, 7) is 1.53. The maximum Gasteiger partial charge on any atom is 0.246 e. The fourth-order valence-corrected chi connectivity index (χ4v) is 0.612. The van der Waals surface area contributed by atoms with Gasteiger partial charge in [-0.05, 0) is 6.07 Å². The second-order valence-electron chi connectivity index (χ2n) is 1.83. The van der Waals surface area contributed by atoms with Crippen LogP contribution in [-0.4, -0.2) is 5.78 Å². The molecule has 0 amide bonds. The molecule has 1 rings (SSSR count). The van der Waals surface area contributed by atoms with Gasteiger partial charge >= 0.3 is 0 Å². The number of rotatable bonds is 1. The van der Waals surface area contributed by atoms with Crippen molar-refractivity contribution in [1.29, 1.82) is 0 Å². The Hall–Kier alpha value is -1.18. The summed E-state index contributed by atoms with van der Waals surface area (Å²) in [6, 6.07) is 5.42. The van der Waals surface area contributed by atoms with Crippen molar-refractivity contribution in [3.05, 3.63) is 30.1 Å². The van der Waals surface area contributed by atoms with Crippen LogP contribution in [0.1, 0.15) is 17.4 Å². The van der Waals surface area contributed by atoms with Gasteiger partial charge in [0.05, 0.1) is 0 Å². The van der Waals surface area contributed by atoms with Gasteiger partial charge in [0.1, 0.15) is 0 Å². The molecule has 0 saturated carbocycles. The van der Waals surface area contributed by atoms with Crippen LogP contribution in [0.2, 0.25) is 0 Å². The van der Waals surface area contributed by atoms with E-state index in [0.29, 0.717) is 5.69 Å². The average molecular weight is 122 g/mol. The largest absolute Gasteiger partial charge is 0.288 e. The van der Waals surface area contributed by atoms with E-state index in [-0.39, 0.29) is 5.78 Å². The van der Waals surface area contributed by atoms with Crippen molar-refractivity contribution < 1.29 is 9.78 Å². The van der Waals surface area contributed by atoms with E-state index in [1.807, 2.05) is 12.1 Å². The van der Waals surface area contributed by atoms with Gasteiger partial charge in [0, 0.05) is 19.1 Å². The summed E-state index contributed by atoms with van der Waals surface area (Å²) in [6.07, 6.45) is 1.73. The molecule has 1 aromatic heterocycles. The van der Waals surface area contributed by atoms with Crippen LogP contribution in [-0.2, 0) is 0 Å².